The summed E-state index contributed by atoms with van der Waals surface area (Å²) in [5.74, 6) is 0. The molecular formula is C9H22N2Si. The van der Waals surface area contributed by atoms with E-state index in [1.807, 2.05) is 0 Å². The van der Waals surface area contributed by atoms with Crippen molar-refractivity contribution in [3.63, 3.8) is 0 Å². The summed E-state index contributed by atoms with van der Waals surface area (Å²) in [5.41, 5.74) is 0. The summed E-state index contributed by atoms with van der Waals surface area (Å²) < 4.78 is 2.75. The second-order valence-corrected chi connectivity index (χ2v) is 7.19. The maximum absolute atomic E-state index is 2.75. The van der Waals surface area contributed by atoms with Crippen LogP contribution in [-0.4, -0.2) is 52.2 Å². The van der Waals surface area contributed by atoms with Crippen LogP contribution >= 0.6 is 0 Å². The first-order valence-corrected chi connectivity index (χ1v) is 7.57. The molecule has 1 aliphatic rings. The summed E-state index contributed by atoms with van der Waals surface area (Å²) >= 11 is 0. The topological polar surface area (TPSA) is 6.48 Å². The van der Waals surface area contributed by atoms with Crippen molar-refractivity contribution in [2.24, 2.45) is 0 Å². The van der Waals surface area contributed by atoms with Gasteiger partial charge < -0.3 is 9.47 Å². The molecule has 0 aromatic rings. The van der Waals surface area contributed by atoms with Gasteiger partial charge in [-0.15, -0.1) is 0 Å². The van der Waals surface area contributed by atoms with E-state index < -0.39 is 8.96 Å². The molecule has 0 bridgehead atoms. The lowest BCUT2D eigenvalue weighted by Crippen LogP contribution is -2.33. The monoisotopic (exact) mass is 186 g/mol. The van der Waals surface area contributed by atoms with Gasteiger partial charge in [-0.1, -0.05) is 6.55 Å². The zero-order valence-corrected chi connectivity index (χ0v) is 9.87. The molecule has 0 aliphatic carbocycles. The summed E-state index contributed by atoms with van der Waals surface area (Å²) in [7, 11) is 3.90. The molecule has 1 unspecified atom stereocenters. The summed E-state index contributed by atoms with van der Waals surface area (Å²) in [4.78, 5) is 2.28. The predicted octanol–water partition coefficient (Wildman–Crippen LogP) is 0.997. The molecule has 1 saturated heterocycles. The van der Waals surface area contributed by atoms with Gasteiger partial charge in [0.05, 0.1) is 0 Å². The second kappa shape index (κ2) is 4.99. The molecule has 0 aromatic carbocycles. The molecular weight excluding hydrogens is 164 g/mol. The second-order valence-electron chi connectivity index (χ2n) is 4.18. The minimum absolute atomic E-state index is 0.412. The fraction of sp³-hybridized carbons (Fsp3) is 1.00. The van der Waals surface area contributed by atoms with E-state index in [2.05, 4.69) is 30.1 Å². The van der Waals surface area contributed by atoms with Crippen LogP contribution in [0, 0.1) is 0 Å². The molecule has 0 amide bonds. The summed E-state index contributed by atoms with van der Waals surface area (Å²) in [6.07, 6.45) is 2.82. The summed E-state index contributed by atoms with van der Waals surface area (Å²) in [6.45, 7) is 6.48. The highest BCUT2D eigenvalue weighted by atomic mass is 28.3. The fourth-order valence-electron chi connectivity index (χ4n) is 1.91. The molecule has 2 nitrogen and oxygen atoms in total. The maximum Gasteiger partial charge on any atom is 0.108 e. The van der Waals surface area contributed by atoms with E-state index in [4.69, 9.17) is 0 Å². The molecule has 3 heteroatoms. The highest BCUT2D eigenvalue weighted by molar-refractivity contribution is 6.54. The van der Waals surface area contributed by atoms with Gasteiger partial charge in [0, 0.05) is 0 Å². The third-order valence-corrected chi connectivity index (χ3v) is 5.75. The molecule has 0 aromatic heterocycles. The Labute approximate surface area is 78.2 Å². The highest BCUT2D eigenvalue weighted by Gasteiger charge is 2.20. The number of hydrogen-bond acceptors (Lipinski definition) is 2. The molecule has 1 fully saturated rings. The average Bonchev–Trinajstić information content (AvgIpc) is 2.36. The predicted molar refractivity (Wildman–Crippen MR) is 57.2 cm³/mol. The van der Waals surface area contributed by atoms with Gasteiger partial charge in [0.25, 0.3) is 0 Å². The molecule has 1 atom stereocenters. The number of rotatable bonds is 4. The van der Waals surface area contributed by atoms with Crippen molar-refractivity contribution in [2.45, 2.75) is 25.4 Å². The molecule has 1 aliphatic heterocycles. The van der Waals surface area contributed by atoms with Crippen LogP contribution in [0.1, 0.15) is 12.8 Å². The van der Waals surface area contributed by atoms with Crippen LogP contribution in [0.25, 0.3) is 0 Å². The van der Waals surface area contributed by atoms with Gasteiger partial charge in [0.15, 0.2) is 0 Å². The number of hydrogen-bond donors (Lipinski definition) is 0. The van der Waals surface area contributed by atoms with Gasteiger partial charge >= 0.3 is 0 Å². The Bertz CT molecular complexity index is 128. The standard InChI is InChI=1S/C9H22N2Si/c1-10(2)6-4-7-11-8-5-9-12(11)3/h12H,4-9H2,1-3H3. The first-order chi connectivity index (χ1) is 5.70. The van der Waals surface area contributed by atoms with Crippen LogP contribution in [-0.2, 0) is 0 Å². The average molecular weight is 186 g/mol. The molecule has 72 valence electrons. The van der Waals surface area contributed by atoms with E-state index in [9.17, 15) is 0 Å². The van der Waals surface area contributed by atoms with Gasteiger partial charge in [-0.3, -0.25) is 0 Å². The summed E-state index contributed by atoms with van der Waals surface area (Å²) in [6, 6.07) is 1.54. The van der Waals surface area contributed by atoms with Crippen LogP contribution in [0.3, 0.4) is 0 Å². The molecule has 0 spiro atoms. The molecule has 1 rings (SSSR count). The quantitative estimate of drug-likeness (QED) is 0.604. The zero-order valence-electron chi connectivity index (χ0n) is 8.71. The normalized spacial score (nSPS) is 25.5. The van der Waals surface area contributed by atoms with Crippen molar-refractivity contribution in [3.8, 4) is 0 Å². The van der Waals surface area contributed by atoms with Crippen molar-refractivity contribution in [1.29, 1.82) is 0 Å². The zero-order chi connectivity index (χ0) is 8.97. The Kier molecular flexibility index (Phi) is 4.25. The molecule has 0 saturated carbocycles. The molecule has 1 heterocycles. The Morgan fingerprint density at radius 3 is 2.67 bits per heavy atom. The minimum atomic E-state index is -0.412. The lowest BCUT2D eigenvalue weighted by Gasteiger charge is -2.20. The Morgan fingerprint density at radius 1 is 1.42 bits per heavy atom. The van der Waals surface area contributed by atoms with Crippen molar-refractivity contribution in [2.75, 3.05) is 33.7 Å². The van der Waals surface area contributed by atoms with Gasteiger partial charge in [-0.05, 0) is 52.6 Å². The van der Waals surface area contributed by atoms with Crippen LogP contribution in [0.15, 0.2) is 0 Å². The SMILES string of the molecule is CN(C)CCCN1CCC[SiH]1C. The first kappa shape index (κ1) is 10.2. The van der Waals surface area contributed by atoms with Gasteiger partial charge in [-0.2, -0.15) is 0 Å². The van der Waals surface area contributed by atoms with Crippen molar-refractivity contribution < 1.29 is 0 Å². The van der Waals surface area contributed by atoms with Gasteiger partial charge in [0.2, 0.25) is 0 Å². The lowest BCUT2D eigenvalue weighted by atomic mass is 10.4. The van der Waals surface area contributed by atoms with Crippen LogP contribution in [0.4, 0.5) is 0 Å². The Balaban J connectivity index is 2.06. The van der Waals surface area contributed by atoms with E-state index in [0.29, 0.717) is 0 Å². The van der Waals surface area contributed by atoms with Gasteiger partial charge in [0.1, 0.15) is 8.96 Å². The lowest BCUT2D eigenvalue weighted by molar-refractivity contribution is 0.363. The third-order valence-electron chi connectivity index (χ3n) is 2.74. The van der Waals surface area contributed by atoms with Crippen LogP contribution in [0.2, 0.25) is 12.6 Å². The highest BCUT2D eigenvalue weighted by Crippen LogP contribution is 2.14. The van der Waals surface area contributed by atoms with Crippen LogP contribution in [0.5, 0.6) is 0 Å². The van der Waals surface area contributed by atoms with E-state index in [1.165, 1.54) is 32.5 Å². The molecule has 12 heavy (non-hydrogen) atoms. The van der Waals surface area contributed by atoms with E-state index in [1.54, 1.807) is 6.04 Å². The van der Waals surface area contributed by atoms with Crippen molar-refractivity contribution >= 4 is 8.96 Å². The Morgan fingerprint density at radius 2 is 2.17 bits per heavy atom. The molecule has 0 radical (unpaired) electrons. The van der Waals surface area contributed by atoms with E-state index in [0.717, 1.165) is 0 Å². The largest absolute Gasteiger partial charge is 0.326 e. The summed E-state index contributed by atoms with van der Waals surface area (Å²) in [5, 5.41) is 0. The van der Waals surface area contributed by atoms with Crippen LogP contribution < -0.4 is 0 Å². The van der Waals surface area contributed by atoms with Crippen molar-refractivity contribution in [3.05, 3.63) is 0 Å². The van der Waals surface area contributed by atoms with Gasteiger partial charge in [-0.25, -0.2) is 0 Å². The number of nitrogens with zero attached hydrogens (tertiary/aromatic N) is 2. The Hall–Kier alpha value is 0.137. The van der Waals surface area contributed by atoms with E-state index in [-0.39, 0.29) is 0 Å². The van der Waals surface area contributed by atoms with Crippen molar-refractivity contribution in [1.82, 2.24) is 9.47 Å². The fourth-order valence-corrected chi connectivity index (χ4v) is 4.30. The minimum Gasteiger partial charge on any atom is -0.326 e. The first-order valence-electron chi connectivity index (χ1n) is 5.09. The molecule has 0 N–H and O–H groups in total. The third kappa shape index (κ3) is 3.25. The van der Waals surface area contributed by atoms with E-state index >= 15 is 0 Å². The maximum atomic E-state index is 2.75. The smallest absolute Gasteiger partial charge is 0.108 e.